The molecule has 8 N–H and O–H groups in total. The second kappa shape index (κ2) is 44.5. The highest BCUT2D eigenvalue weighted by atomic mass is 32.1. The number of hydrogen-bond donors (Lipinski definition) is 4. The van der Waals surface area contributed by atoms with Gasteiger partial charge < -0.3 is 74.9 Å². The molecule has 0 atom stereocenters. The van der Waals surface area contributed by atoms with E-state index in [0.29, 0.717) is 145 Å². The van der Waals surface area contributed by atoms with Gasteiger partial charge in [-0.25, -0.2) is 67.4 Å². The molecule has 2 saturated carbocycles. The number of ether oxygens (including phenoxy) is 10. The van der Waals surface area contributed by atoms with Gasteiger partial charge in [0.1, 0.15) is 176 Å². The van der Waals surface area contributed by atoms with Crippen LogP contribution < -0.4 is 60.8 Å². The number of aromatic nitrogens is 17. The zero-order valence-electron chi connectivity index (χ0n) is 80.8. The van der Waals surface area contributed by atoms with Crippen LogP contribution in [0, 0.1) is 25.5 Å². The molecule has 147 heavy (non-hydrogen) atoms. The van der Waals surface area contributed by atoms with Crippen molar-refractivity contribution in [3.05, 3.63) is 332 Å². The monoisotopic (exact) mass is 2030 g/mol. The van der Waals surface area contributed by atoms with Gasteiger partial charge in [-0.05, 0) is 234 Å². The van der Waals surface area contributed by atoms with E-state index < -0.39 is 11.6 Å². The second-order valence-electron chi connectivity index (χ2n) is 36.2. The van der Waals surface area contributed by atoms with Crippen LogP contribution in [-0.2, 0) is 42.9 Å². The van der Waals surface area contributed by atoms with Crippen LogP contribution in [0.4, 0.5) is 32.1 Å². The Bertz CT molecular complexity index is 7950. The Labute approximate surface area is 856 Å². The molecule has 12 aromatic heterocycles. The van der Waals surface area contributed by atoms with E-state index in [1.54, 1.807) is 79.8 Å². The minimum atomic E-state index is -0.444. The first kappa shape index (κ1) is 96.8. The lowest BCUT2D eigenvalue weighted by Crippen LogP contribution is -2.15. The van der Waals surface area contributed by atoms with E-state index in [2.05, 4.69) is 65.0 Å². The summed E-state index contributed by atoms with van der Waals surface area (Å²) in [5.41, 5.74) is 39.3. The summed E-state index contributed by atoms with van der Waals surface area (Å²) in [5, 5.41) is 21.7. The summed E-state index contributed by atoms with van der Waals surface area (Å²) in [6, 6.07) is 70.6. The first-order valence-corrected chi connectivity index (χ1v) is 51.3. The van der Waals surface area contributed by atoms with Gasteiger partial charge in [0.15, 0.2) is 23.3 Å². The molecule has 4 aliphatic rings. The van der Waals surface area contributed by atoms with E-state index in [1.807, 2.05) is 191 Å². The second-order valence-corrected chi connectivity index (χ2v) is 40.0. The van der Waals surface area contributed by atoms with Crippen molar-refractivity contribution < 1.29 is 56.1 Å². The largest absolute Gasteiger partial charge is 0.488 e. The van der Waals surface area contributed by atoms with Gasteiger partial charge in [0.05, 0.1) is 51.2 Å². The highest BCUT2D eigenvalue weighted by Gasteiger charge is 2.32. The summed E-state index contributed by atoms with van der Waals surface area (Å²) in [6.45, 7) is 8.72. The Balaban J connectivity index is 0.000000115. The molecule has 31 nitrogen and oxygen atoms in total. The molecule has 14 heterocycles. The van der Waals surface area contributed by atoms with Crippen LogP contribution >= 0.6 is 34.0 Å². The fourth-order valence-electron chi connectivity index (χ4n) is 18.7. The third-order valence-electron chi connectivity index (χ3n) is 26.1. The summed E-state index contributed by atoms with van der Waals surface area (Å²) >= 11 is 5.07. The molecule has 0 bridgehead atoms. The zero-order chi connectivity index (χ0) is 100. The number of thiophene rings is 3. The molecule has 746 valence electrons. The van der Waals surface area contributed by atoms with Crippen LogP contribution in [-0.4, -0.2) is 110 Å². The van der Waals surface area contributed by atoms with Gasteiger partial charge in [-0.15, -0.1) is 34.0 Å². The van der Waals surface area contributed by atoms with Crippen molar-refractivity contribution in [1.82, 2.24) is 83.6 Å². The minimum absolute atomic E-state index is 0.246. The van der Waals surface area contributed by atoms with Crippen LogP contribution in [0.3, 0.4) is 0 Å². The lowest BCUT2D eigenvalue weighted by atomic mass is 9.96. The number of aryl methyl sites for hydroxylation is 3. The Morgan fingerprint density at radius 1 is 0.320 bits per heavy atom. The Hall–Kier alpha value is -16.3. The molecule has 20 aromatic rings. The third-order valence-corrected chi connectivity index (χ3v) is 28.9. The first-order chi connectivity index (χ1) is 72.0. The molecule has 2 saturated heterocycles. The van der Waals surface area contributed by atoms with E-state index in [9.17, 15) is 8.78 Å². The molecular formula is C111H105F2N21O10S3. The third kappa shape index (κ3) is 22.8. The number of fused-ring (bicyclic) bond motifs is 4. The van der Waals surface area contributed by atoms with Crippen molar-refractivity contribution in [2.75, 3.05) is 49.4 Å². The maximum absolute atomic E-state index is 14.3. The van der Waals surface area contributed by atoms with Crippen molar-refractivity contribution in [3.8, 4) is 91.7 Å². The summed E-state index contributed by atoms with van der Waals surface area (Å²) in [4.78, 5) is 40.8. The Morgan fingerprint density at radius 2 is 0.639 bits per heavy atom. The molecule has 0 radical (unpaired) electrons. The molecule has 24 rings (SSSR count). The van der Waals surface area contributed by atoms with E-state index in [1.165, 1.54) is 94.8 Å². The molecule has 36 heteroatoms. The summed E-state index contributed by atoms with van der Waals surface area (Å²) in [7, 11) is 1.93. The number of halogens is 2. The summed E-state index contributed by atoms with van der Waals surface area (Å²) in [6.07, 6.45) is 20.9. The van der Waals surface area contributed by atoms with Crippen LogP contribution in [0.5, 0.6) is 69.0 Å². The lowest BCUT2D eigenvalue weighted by Gasteiger charge is -2.20. The van der Waals surface area contributed by atoms with Crippen LogP contribution in [0.25, 0.3) is 66.9 Å². The minimum Gasteiger partial charge on any atom is -0.488 e. The van der Waals surface area contributed by atoms with Gasteiger partial charge in [0, 0.05) is 136 Å². The van der Waals surface area contributed by atoms with Crippen molar-refractivity contribution in [3.63, 3.8) is 0 Å². The highest BCUT2D eigenvalue weighted by molar-refractivity contribution is 7.12. The molecule has 8 aromatic carbocycles. The number of rotatable bonds is 28. The summed E-state index contributed by atoms with van der Waals surface area (Å²) < 4.78 is 96.4. The highest BCUT2D eigenvalue weighted by Crippen LogP contribution is 2.44. The van der Waals surface area contributed by atoms with Crippen molar-refractivity contribution >= 4 is 101 Å². The number of nitrogens with zero attached hydrogens (tertiary/aromatic N) is 17. The van der Waals surface area contributed by atoms with E-state index in [4.69, 9.17) is 90.7 Å². The quantitative estimate of drug-likeness (QED) is 0.0354. The maximum Gasteiger partial charge on any atom is 0.153 e. The van der Waals surface area contributed by atoms with Crippen LogP contribution in [0.2, 0.25) is 0 Å². The first-order valence-electron chi connectivity index (χ1n) is 48.8. The Morgan fingerprint density at radius 3 is 0.973 bits per heavy atom. The topological polar surface area (TPSA) is 376 Å². The average molecular weight is 2030 g/mol. The standard InChI is InChI=1S/C28H27FN6O3.C28H26FN5O3S.C28H27N5O2S.C27H25N5O2S/c1-34-10-2-3-21(34)16-37-23-13-19(29)14-24(15-23)38-22-6-4-20(5-7-22)35-27-26(31-17-32-28(27)30)25(33-35)18-8-11-36-12-9-18;1-17-2-7-24(38-17)15-36-22-12-19(29)13-23(14-22)37-21-5-3-20(4-6-21)34-27-26(31-16-32-28(27)30)25(33-34)18-8-10-35-11-9-18;1-18-9-14-24(36-18)16-34-22-7-4-8-23(15-22)35-21-12-10-20(11-13-21)33-27-26(30-17-31-28(27)29)25(32-33)19-5-2-3-6-19;28-27-26-25(29-17-30-27)24(18-5-1-2-6-18)31-32(26)19-10-12-20(13-11-19)34-22-8-3-7-21(15-22)33-16-23-9-4-14-35-23/h2-7,10,13-15,17-18H,8-9,11-12,16H2,1H3,(H2,30,31,32);2-7,12-14,16,18H,8-11,15H2,1H3,(H2,30,31,32);4,7-15,17,19H,2-3,5-6,16H2,1H3,(H2,29,30,31);3-4,7-15,17-18H,1-2,5-6,16H2,(H2,28,29,30). The smallest absolute Gasteiger partial charge is 0.153 e. The molecule has 2 aliphatic carbocycles. The van der Waals surface area contributed by atoms with Gasteiger partial charge in [-0.3, -0.25) is 0 Å². The zero-order valence-corrected chi connectivity index (χ0v) is 83.3. The number of benzene rings is 8. The maximum atomic E-state index is 14.3. The van der Waals surface area contributed by atoms with Crippen LogP contribution in [0.15, 0.2) is 267 Å². The van der Waals surface area contributed by atoms with Crippen molar-refractivity contribution in [2.45, 2.75) is 141 Å². The molecule has 2 aliphatic heterocycles. The van der Waals surface area contributed by atoms with E-state index in [-0.39, 0.29) is 11.8 Å². The van der Waals surface area contributed by atoms with Crippen molar-refractivity contribution in [1.29, 1.82) is 0 Å². The number of nitrogen functional groups attached to an aromatic ring is 4. The van der Waals surface area contributed by atoms with E-state index >= 15 is 0 Å². The van der Waals surface area contributed by atoms with Gasteiger partial charge >= 0.3 is 0 Å². The van der Waals surface area contributed by atoms with Gasteiger partial charge in [-0.1, -0.05) is 43.9 Å². The van der Waals surface area contributed by atoms with Gasteiger partial charge in [0.25, 0.3) is 0 Å². The van der Waals surface area contributed by atoms with E-state index in [0.717, 1.165) is 164 Å². The fraction of sp³-hybridized carbons (Fsp3) is 0.243. The van der Waals surface area contributed by atoms with Crippen molar-refractivity contribution in [2.24, 2.45) is 7.05 Å². The Kier molecular flexibility index (Phi) is 29.3. The fourth-order valence-corrected chi connectivity index (χ4v) is 21.0. The van der Waals surface area contributed by atoms with Gasteiger partial charge in [-0.2, -0.15) is 20.4 Å². The predicted octanol–water partition coefficient (Wildman–Crippen LogP) is 24.6. The molecule has 0 unspecified atom stereocenters. The van der Waals surface area contributed by atoms with Crippen LogP contribution in [0.1, 0.15) is 154 Å². The molecule has 4 fully saturated rings. The molecule has 0 spiro atoms. The number of hydrogen-bond acceptors (Lipinski definition) is 29. The SMILES string of the molecule is Cc1ccc(COc2cc(F)cc(Oc3ccc(-n4nc(C5CCOCC5)c5ncnc(N)c54)cc3)c2)s1.Cc1ccc(COc2cccc(Oc3ccc(-n4nc(C5CCCC5)c5ncnc(N)c54)cc3)c2)s1.Cn1cccc1COc1cc(F)cc(Oc2ccc(-n3nc(C4CCOCC4)c4ncnc(N)c43)cc2)c1.Nc1ncnc2c(C3CCCC3)nn(-c3ccc(Oc4cccc(OCc5cccs5)c4)cc3)c12. The molecule has 0 amide bonds. The van der Waals surface area contributed by atoms with Gasteiger partial charge in [0.2, 0.25) is 0 Å². The summed E-state index contributed by atoms with van der Waals surface area (Å²) in [5.74, 6) is 9.04. The number of anilines is 4. The molecular weight excluding hydrogens is 1920 g/mol. The lowest BCUT2D eigenvalue weighted by molar-refractivity contribution is 0.0845. The average Bonchev–Trinajstić information content (AvgIpc) is 1.62. The number of nitrogens with two attached hydrogens (primary N) is 4. The predicted molar refractivity (Wildman–Crippen MR) is 563 cm³/mol. The normalized spacial score (nSPS) is 14.0.